The zero-order chi connectivity index (χ0) is 22.2. The molecule has 0 unspecified atom stereocenters. The molecule has 2 aromatic carbocycles. The minimum absolute atomic E-state index is 0.149. The van der Waals surface area contributed by atoms with Gasteiger partial charge in [-0.05, 0) is 49.7 Å². The first kappa shape index (κ1) is 20.3. The first-order valence-corrected chi connectivity index (χ1v) is 10.4. The predicted octanol–water partition coefficient (Wildman–Crippen LogP) is 3.45. The molecule has 32 heavy (non-hydrogen) atoms. The SMILES string of the molecule is COc1c2c(cc3c1[C@H](C#CCOc1ccc4c(C)cc(=O)oc4c1)N(C)CC3)OCO2. The van der Waals surface area contributed by atoms with Crippen LogP contribution in [-0.4, -0.2) is 39.0 Å². The zero-order valence-corrected chi connectivity index (χ0v) is 18.2. The number of hydrogen-bond donors (Lipinski definition) is 0. The summed E-state index contributed by atoms with van der Waals surface area (Å²) in [5, 5.41) is 0.884. The number of ether oxygens (including phenoxy) is 4. The topological polar surface area (TPSA) is 70.4 Å². The van der Waals surface area contributed by atoms with Crippen LogP contribution in [0.1, 0.15) is 22.7 Å². The Labute approximate surface area is 185 Å². The first-order valence-electron chi connectivity index (χ1n) is 10.4. The van der Waals surface area contributed by atoms with Crippen molar-refractivity contribution in [3.05, 3.63) is 57.4 Å². The van der Waals surface area contributed by atoms with E-state index in [-0.39, 0.29) is 25.1 Å². The van der Waals surface area contributed by atoms with Gasteiger partial charge in [0.15, 0.2) is 11.5 Å². The maximum atomic E-state index is 11.6. The fourth-order valence-electron chi connectivity index (χ4n) is 4.27. The Bertz CT molecular complexity index is 1320. The summed E-state index contributed by atoms with van der Waals surface area (Å²) in [6, 6.07) is 8.82. The van der Waals surface area contributed by atoms with Gasteiger partial charge in [-0.25, -0.2) is 4.79 Å². The van der Waals surface area contributed by atoms with Crippen LogP contribution >= 0.6 is 0 Å². The van der Waals surface area contributed by atoms with Crippen molar-refractivity contribution in [1.82, 2.24) is 4.90 Å². The largest absolute Gasteiger partial charge is 0.492 e. The van der Waals surface area contributed by atoms with E-state index in [1.165, 1.54) is 6.07 Å². The van der Waals surface area contributed by atoms with Gasteiger partial charge in [0, 0.05) is 29.6 Å². The van der Waals surface area contributed by atoms with Crippen molar-refractivity contribution < 1.29 is 23.4 Å². The Morgan fingerprint density at radius 2 is 2.09 bits per heavy atom. The van der Waals surface area contributed by atoms with Crippen LogP contribution in [0.3, 0.4) is 0 Å². The standard InChI is InChI=1S/C25H23NO6/c1-15-11-22(27)32-20-13-17(6-7-18(15)20)29-10-4-5-19-23-16(8-9-26(19)2)12-21-24(25(23)28-3)31-14-30-21/h6-7,11-13,19H,8-10,14H2,1-3H3/t19-/m0/s1. The van der Waals surface area contributed by atoms with Gasteiger partial charge in [0.25, 0.3) is 0 Å². The molecule has 0 saturated carbocycles. The molecule has 0 radical (unpaired) electrons. The van der Waals surface area contributed by atoms with Crippen molar-refractivity contribution in [2.75, 3.05) is 34.1 Å². The van der Waals surface area contributed by atoms with Gasteiger partial charge in [0.1, 0.15) is 24.0 Å². The molecule has 2 aliphatic rings. The molecule has 1 atom stereocenters. The fourth-order valence-corrected chi connectivity index (χ4v) is 4.27. The van der Waals surface area contributed by atoms with E-state index in [4.69, 9.17) is 23.4 Å². The van der Waals surface area contributed by atoms with Gasteiger partial charge >= 0.3 is 5.63 Å². The molecular formula is C25H23NO6. The molecule has 7 heteroatoms. The van der Waals surface area contributed by atoms with Crippen LogP contribution in [0.25, 0.3) is 11.0 Å². The Balaban J connectivity index is 1.39. The molecule has 0 bridgehead atoms. The highest BCUT2D eigenvalue weighted by Gasteiger charge is 2.33. The van der Waals surface area contributed by atoms with Gasteiger partial charge in [-0.3, -0.25) is 4.90 Å². The lowest BCUT2D eigenvalue weighted by Crippen LogP contribution is -2.31. The van der Waals surface area contributed by atoms with Crippen molar-refractivity contribution in [2.24, 2.45) is 0 Å². The highest BCUT2D eigenvalue weighted by Crippen LogP contribution is 2.49. The molecule has 3 heterocycles. The molecule has 164 valence electrons. The Morgan fingerprint density at radius 3 is 2.94 bits per heavy atom. The lowest BCUT2D eigenvalue weighted by Gasteiger charge is -2.32. The third-order valence-corrected chi connectivity index (χ3v) is 5.87. The van der Waals surface area contributed by atoms with E-state index >= 15 is 0 Å². The van der Waals surface area contributed by atoms with Crippen LogP contribution in [0.15, 0.2) is 39.5 Å². The lowest BCUT2D eigenvalue weighted by molar-refractivity contribution is 0.171. The monoisotopic (exact) mass is 433 g/mol. The molecule has 0 amide bonds. The van der Waals surface area contributed by atoms with Crippen molar-refractivity contribution in [1.29, 1.82) is 0 Å². The summed E-state index contributed by atoms with van der Waals surface area (Å²) in [5.74, 6) is 9.09. The minimum atomic E-state index is -0.374. The number of benzene rings is 2. The Morgan fingerprint density at radius 1 is 1.22 bits per heavy atom. The van der Waals surface area contributed by atoms with Gasteiger partial charge in [0.2, 0.25) is 12.5 Å². The van der Waals surface area contributed by atoms with E-state index in [2.05, 4.69) is 16.7 Å². The molecule has 0 fully saturated rings. The molecule has 0 spiro atoms. The van der Waals surface area contributed by atoms with Crippen molar-refractivity contribution in [3.8, 4) is 34.8 Å². The number of fused-ring (bicyclic) bond motifs is 3. The summed E-state index contributed by atoms with van der Waals surface area (Å²) in [6.45, 7) is 3.15. The summed E-state index contributed by atoms with van der Waals surface area (Å²) in [6.07, 6.45) is 0.884. The zero-order valence-electron chi connectivity index (χ0n) is 18.2. The summed E-state index contributed by atoms with van der Waals surface area (Å²) in [5.41, 5.74) is 3.17. The van der Waals surface area contributed by atoms with E-state index in [0.29, 0.717) is 22.8 Å². The Kier molecular flexibility index (Phi) is 5.16. The number of hydrogen-bond acceptors (Lipinski definition) is 7. The summed E-state index contributed by atoms with van der Waals surface area (Å²) >= 11 is 0. The van der Waals surface area contributed by atoms with E-state index < -0.39 is 0 Å². The predicted molar refractivity (Wildman–Crippen MR) is 119 cm³/mol. The lowest BCUT2D eigenvalue weighted by atomic mass is 9.91. The number of nitrogens with zero attached hydrogens (tertiary/aromatic N) is 1. The molecular weight excluding hydrogens is 410 g/mol. The first-order chi connectivity index (χ1) is 15.5. The quantitative estimate of drug-likeness (QED) is 0.463. The van der Waals surface area contributed by atoms with Gasteiger partial charge in [-0.2, -0.15) is 0 Å². The van der Waals surface area contributed by atoms with Crippen LogP contribution in [0.5, 0.6) is 23.0 Å². The second kappa shape index (κ2) is 8.13. The van der Waals surface area contributed by atoms with Gasteiger partial charge < -0.3 is 23.4 Å². The average molecular weight is 433 g/mol. The average Bonchev–Trinajstić information content (AvgIpc) is 3.24. The second-order valence-corrected chi connectivity index (χ2v) is 7.87. The molecule has 0 aliphatic carbocycles. The van der Waals surface area contributed by atoms with Gasteiger partial charge in [-0.15, -0.1) is 0 Å². The summed E-state index contributed by atoms with van der Waals surface area (Å²) in [4.78, 5) is 13.8. The molecule has 7 nitrogen and oxygen atoms in total. The third-order valence-electron chi connectivity index (χ3n) is 5.87. The number of aryl methyl sites for hydroxylation is 1. The molecule has 3 aromatic rings. The van der Waals surface area contributed by atoms with Crippen LogP contribution in [0, 0.1) is 18.8 Å². The second-order valence-electron chi connectivity index (χ2n) is 7.87. The molecule has 0 saturated heterocycles. The molecule has 5 rings (SSSR count). The number of methoxy groups -OCH3 is 1. The summed E-state index contributed by atoms with van der Waals surface area (Å²) in [7, 11) is 3.68. The van der Waals surface area contributed by atoms with Crippen LogP contribution < -0.4 is 24.6 Å². The molecule has 1 aromatic heterocycles. The van der Waals surface area contributed by atoms with Crippen molar-refractivity contribution >= 4 is 11.0 Å². The fraction of sp³-hybridized carbons (Fsp3) is 0.320. The van der Waals surface area contributed by atoms with Gasteiger partial charge in [0.05, 0.1) is 7.11 Å². The van der Waals surface area contributed by atoms with Crippen LogP contribution in [-0.2, 0) is 6.42 Å². The minimum Gasteiger partial charge on any atom is -0.492 e. The maximum Gasteiger partial charge on any atom is 0.336 e. The van der Waals surface area contributed by atoms with Crippen molar-refractivity contribution in [2.45, 2.75) is 19.4 Å². The van der Waals surface area contributed by atoms with Gasteiger partial charge in [-0.1, -0.05) is 11.8 Å². The molecule has 0 N–H and O–H groups in total. The van der Waals surface area contributed by atoms with E-state index in [1.807, 2.05) is 32.2 Å². The van der Waals surface area contributed by atoms with E-state index in [0.717, 1.165) is 40.8 Å². The third kappa shape index (κ3) is 3.53. The smallest absolute Gasteiger partial charge is 0.336 e. The maximum absolute atomic E-state index is 11.6. The summed E-state index contributed by atoms with van der Waals surface area (Å²) < 4.78 is 28.0. The number of rotatable bonds is 3. The normalized spacial score (nSPS) is 16.9. The van der Waals surface area contributed by atoms with Crippen molar-refractivity contribution in [3.63, 3.8) is 0 Å². The highest BCUT2D eigenvalue weighted by atomic mass is 16.7. The Hall–Kier alpha value is -3.63. The number of likely N-dealkylation sites (N-methyl/N-ethyl adjacent to an activating group) is 1. The molecule has 2 aliphatic heterocycles. The van der Waals surface area contributed by atoms with E-state index in [9.17, 15) is 4.79 Å². The van der Waals surface area contributed by atoms with Crippen LogP contribution in [0.2, 0.25) is 0 Å². The van der Waals surface area contributed by atoms with E-state index in [1.54, 1.807) is 13.2 Å². The highest BCUT2D eigenvalue weighted by molar-refractivity contribution is 5.81. The van der Waals surface area contributed by atoms with Crippen LogP contribution in [0.4, 0.5) is 0 Å².